The molecule has 0 aliphatic rings. The number of rotatable bonds is 2. The van der Waals surface area contributed by atoms with Gasteiger partial charge in [-0.3, -0.25) is 4.79 Å². The minimum atomic E-state index is -0.217. The summed E-state index contributed by atoms with van der Waals surface area (Å²) in [6, 6.07) is 20.0. The molecule has 3 aromatic carbocycles. The van der Waals surface area contributed by atoms with Gasteiger partial charge in [0.2, 0.25) is 0 Å². The molecule has 0 fully saturated rings. The van der Waals surface area contributed by atoms with Gasteiger partial charge < -0.3 is 5.32 Å². The SMILES string of the molecule is O=C(Nc1ccc2nc3ccccc3nc2c1)c1cccc(Cl)c1. The lowest BCUT2D eigenvalue weighted by molar-refractivity contribution is 0.102. The number of carbonyl (C=O) groups is 1. The zero-order chi connectivity index (χ0) is 16.5. The Hall–Kier alpha value is -2.98. The number of nitrogens with one attached hydrogen (secondary N) is 1. The van der Waals surface area contributed by atoms with E-state index in [-0.39, 0.29) is 5.91 Å². The molecule has 1 heterocycles. The monoisotopic (exact) mass is 333 g/mol. The fourth-order valence-corrected chi connectivity index (χ4v) is 2.72. The van der Waals surface area contributed by atoms with E-state index in [1.54, 1.807) is 24.3 Å². The number of amides is 1. The number of nitrogens with zero attached hydrogens (tertiary/aromatic N) is 2. The zero-order valence-corrected chi connectivity index (χ0v) is 13.3. The van der Waals surface area contributed by atoms with Crippen molar-refractivity contribution < 1.29 is 4.79 Å². The van der Waals surface area contributed by atoms with Crippen LogP contribution in [0.5, 0.6) is 0 Å². The number of hydrogen-bond donors (Lipinski definition) is 1. The van der Waals surface area contributed by atoms with Crippen molar-refractivity contribution in [1.82, 2.24) is 9.97 Å². The maximum absolute atomic E-state index is 12.3. The molecule has 4 rings (SSSR count). The van der Waals surface area contributed by atoms with Gasteiger partial charge in [0.1, 0.15) is 0 Å². The summed E-state index contributed by atoms with van der Waals surface area (Å²) in [6.45, 7) is 0. The van der Waals surface area contributed by atoms with E-state index in [4.69, 9.17) is 11.6 Å². The minimum absolute atomic E-state index is 0.217. The van der Waals surface area contributed by atoms with Crippen molar-refractivity contribution in [3.8, 4) is 0 Å². The Morgan fingerprint density at radius 3 is 2.25 bits per heavy atom. The van der Waals surface area contributed by atoms with Gasteiger partial charge >= 0.3 is 0 Å². The highest BCUT2D eigenvalue weighted by Crippen LogP contribution is 2.20. The number of carbonyl (C=O) groups excluding carboxylic acids is 1. The highest BCUT2D eigenvalue weighted by atomic mass is 35.5. The summed E-state index contributed by atoms with van der Waals surface area (Å²) >= 11 is 5.93. The van der Waals surface area contributed by atoms with Crippen LogP contribution in [0.1, 0.15) is 10.4 Å². The molecule has 0 bridgehead atoms. The molecule has 4 nitrogen and oxygen atoms in total. The fourth-order valence-electron chi connectivity index (χ4n) is 2.53. The number of fused-ring (bicyclic) bond motifs is 2. The zero-order valence-electron chi connectivity index (χ0n) is 12.5. The van der Waals surface area contributed by atoms with E-state index in [1.165, 1.54) is 0 Å². The molecule has 0 saturated carbocycles. The summed E-state index contributed by atoms with van der Waals surface area (Å²) in [4.78, 5) is 21.5. The predicted octanol–water partition coefficient (Wildman–Crippen LogP) is 4.69. The molecule has 0 atom stereocenters. The Morgan fingerprint density at radius 2 is 1.50 bits per heavy atom. The van der Waals surface area contributed by atoms with Crippen LogP contribution in [0.3, 0.4) is 0 Å². The normalized spacial score (nSPS) is 10.9. The summed E-state index contributed by atoms with van der Waals surface area (Å²) in [7, 11) is 0. The Bertz CT molecular complexity index is 1080. The van der Waals surface area contributed by atoms with Crippen LogP contribution in [0, 0.1) is 0 Å². The van der Waals surface area contributed by atoms with Crippen LogP contribution in [0.4, 0.5) is 5.69 Å². The van der Waals surface area contributed by atoms with E-state index in [0.717, 1.165) is 22.1 Å². The van der Waals surface area contributed by atoms with Crippen LogP contribution >= 0.6 is 11.6 Å². The third-order valence-electron chi connectivity index (χ3n) is 3.68. The largest absolute Gasteiger partial charge is 0.322 e. The number of para-hydroxylation sites is 2. The van der Waals surface area contributed by atoms with E-state index in [0.29, 0.717) is 16.3 Å². The van der Waals surface area contributed by atoms with E-state index in [9.17, 15) is 4.79 Å². The molecule has 5 heteroatoms. The van der Waals surface area contributed by atoms with Gasteiger partial charge in [-0.2, -0.15) is 0 Å². The predicted molar refractivity (Wildman–Crippen MR) is 96.4 cm³/mol. The van der Waals surface area contributed by atoms with Gasteiger partial charge in [-0.25, -0.2) is 9.97 Å². The molecular formula is C19H12ClN3O. The Kier molecular flexibility index (Phi) is 3.59. The van der Waals surface area contributed by atoms with Crippen LogP contribution < -0.4 is 5.32 Å². The standard InChI is InChI=1S/C19H12ClN3O/c20-13-5-3-4-12(10-13)19(24)21-14-8-9-17-18(11-14)23-16-7-2-1-6-15(16)22-17/h1-11H,(H,21,24). The second kappa shape index (κ2) is 5.91. The molecule has 1 N–H and O–H groups in total. The first-order chi connectivity index (χ1) is 11.7. The Balaban J connectivity index is 1.69. The molecule has 4 aromatic rings. The van der Waals surface area contributed by atoms with Gasteiger partial charge in [-0.1, -0.05) is 29.8 Å². The smallest absolute Gasteiger partial charge is 0.255 e. The first kappa shape index (κ1) is 14.6. The maximum atomic E-state index is 12.3. The molecule has 0 radical (unpaired) electrons. The van der Waals surface area contributed by atoms with Gasteiger partial charge in [0, 0.05) is 16.3 Å². The summed E-state index contributed by atoms with van der Waals surface area (Å²) in [6.07, 6.45) is 0. The molecule has 1 amide bonds. The number of benzene rings is 3. The first-order valence-corrected chi connectivity index (χ1v) is 7.80. The van der Waals surface area contributed by atoms with Crippen molar-refractivity contribution in [2.24, 2.45) is 0 Å². The van der Waals surface area contributed by atoms with Crippen LogP contribution in [-0.4, -0.2) is 15.9 Å². The summed E-state index contributed by atoms with van der Waals surface area (Å²) < 4.78 is 0. The maximum Gasteiger partial charge on any atom is 0.255 e. The molecule has 0 unspecified atom stereocenters. The Morgan fingerprint density at radius 1 is 0.792 bits per heavy atom. The van der Waals surface area contributed by atoms with Crippen LogP contribution in [0.25, 0.3) is 22.1 Å². The van der Waals surface area contributed by atoms with Crippen molar-refractivity contribution in [3.05, 3.63) is 77.3 Å². The minimum Gasteiger partial charge on any atom is -0.322 e. The van der Waals surface area contributed by atoms with E-state index < -0.39 is 0 Å². The third-order valence-corrected chi connectivity index (χ3v) is 3.92. The summed E-state index contributed by atoms with van der Waals surface area (Å²) in [5.41, 5.74) is 4.36. The summed E-state index contributed by atoms with van der Waals surface area (Å²) in [5, 5.41) is 3.39. The van der Waals surface area contributed by atoms with Gasteiger partial charge in [0.15, 0.2) is 0 Å². The molecule has 1 aromatic heterocycles. The molecule has 116 valence electrons. The topological polar surface area (TPSA) is 54.9 Å². The molecule has 0 aliphatic carbocycles. The third kappa shape index (κ3) is 2.79. The fraction of sp³-hybridized carbons (Fsp3) is 0. The van der Waals surface area contributed by atoms with Gasteiger partial charge in [0.05, 0.1) is 22.1 Å². The van der Waals surface area contributed by atoms with E-state index >= 15 is 0 Å². The average Bonchev–Trinajstić information content (AvgIpc) is 2.60. The highest BCUT2D eigenvalue weighted by Gasteiger charge is 2.08. The van der Waals surface area contributed by atoms with Crippen molar-refractivity contribution in [1.29, 1.82) is 0 Å². The number of hydrogen-bond acceptors (Lipinski definition) is 3. The number of aromatic nitrogens is 2. The van der Waals surface area contributed by atoms with Crippen molar-refractivity contribution in [2.45, 2.75) is 0 Å². The number of anilines is 1. The molecule has 0 aliphatic heterocycles. The van der Waals surface area contributed by atoms with Crippen molar-refractivity contribution >= 4 is 45.3 Å². The van der Waals surface area contributed by atoms with E-state index in [1.807, 2.05) is 42.5 Å². The quantitative estimate of drug-likeness (QED) is 0.541. The lowest BCUT2D eigenvalue weighted by atomic mass is 10.2. The Labute approximate surface area is 143 Å². The van der Waals surface area contributed by atoms with Crippen molar-refractivity contribution in [2.75, 3.05) is 5.32 Å². The summed E-state index contributed by atoms with van der Waals surface area (Å²) in [5.74, 6) is -0.217. The average molecular weight is 334 g/mol. The molecule has 0 spiro atoms. The molecular weight excluding hydrogens is 322 g/mol. The first-order valence-electron chi connectivity index (χ1n) is 7.42. The van der Waals surface area contributed by atoms with Crippen molar-refractivity contribution in [3.63, 3.8) is 0 Å². The lowest BCUT2D eigenvalue weighted by Gasteiger charge is -2.07. The van der Waals surface area contributed by atoms with Crippen LogP contribution in [0.15, 0.2) is 66.7 Å². The second-order valence-corrected chi connectivity index (χ2v) is 5.82. The van der Waals surface area contributed by atoms with Gasteiger partial charge in [-0.05, 0) is 48.5 Å². The lowest BCUT2D eigenvalue weighted by Crippen LogP contribution is -2.11. The van der Waals surface area contributed by atoms with Crippen LogP contribution in [-0.2, 0) is 0 Å². The van der Waals surface area contributed by atoms with Gasteiger partial charge in [-0.15, -0.1) is 0 Å². The molecule has 0 saturated heterocycles. The van der Waals surface area contributed by atoms with E-state index in [2.05, 4.69) is 15.3 Å². The van der Waals surface area contributed by atoms with Crippen LogP contribution in [0.2, 0.25) is 5.02 Å². The second-order valence-electron chi connectivity index (χ2n) is 5.38. The number of halogens is 1. The molecule has 24 heavy (non-hydrogen) atoms. The highest BCUT2D eigenvalue weighted by molar-refractivity contribution is 6.31. The van der Waals surface area contributed by atoms with Gasteiger partial charge in [0.25, 0.3) is 5.91 Å².